The van der Waals surface area contributed by atoms with Gasteiger partial charge < -0.3 is 25.4 Å². The molecule has 1 saturated heterocycles. The van der Waals surface area contributed by atoms with Gasteiger partial charge >= 0.3 is 0 Å². The third kappa shape index (κ3) is 4.86. The van der Waals surface area contributed by atoms with E-state index in [0.29, 0.717) is 36.8 Å². The summed E-state index contributed by atoms with van der Waals surface area (Å²) in [5.41, 5.74) is 7.46. The zero-order chi connectivity index (χ0) is 21.9. The topological polar surface area (TPSA) is 111 Å². The predicted octanol–water partition coefficient (Wildman–Crippen LogP) is 3.40. The number of halogens is 1. The maximum atomic E-state index is 6.44. The first-order chi connectivity index (χ1) is 15.6. The molecule has 4 heterocycles. The molecule has 5 rings (SSSR count). The standard InChI is InChI=1S/C22H26BrN7O2/c23-14-11-26-22(27-12-14)28-16-1-3-17(4-2-16)32-21-18-9-15(24)13-25-19(18)10-20(29-21)30-5-7-31-8-6-30/h9-13,16-17H,1-8,24H2,(H,26,27,28). The van der Waals surface area contributed by atoms with E-state index in [1.165, 1.54) is 0 Å². The van der Waals surface area contributed by atoms with Crippen molar-refractivity contribution in [3.63, 3.8) is 0 Å². The number of morpholine rings is 1. The van der Waals surface area contributed by atoms with Crippen molar-refractivity contribution in [1.29, 1.82) is 0 Å². The van der Waals surface area contributed by atoms with Crippen LogP contribution < -0.4 is 20.7 Å². The third-order valence-electron chi connectivity index (χ3n) is 5.89. The molecule has 0 unspecified atom stereocenters. The molecular weight excluding hydrogens is 474 g/mol. The average Bonchev–Trinajstić information content (AvgIpc) is 2.82. The Balaban J connectivity index is 1.30. The summed E-state index contributed by atoms with van der Waals surface area (Å²) in [5, 5.41) is 4.27. The van der Waals surface area contributed by atoms with Crippen molar-refractivity contribution in [2.24, 2.45) is 0 Å². The Morgan fingerprint density at radius 2 is 1.78 bits per heavy atom. The molecule has 3 N–H and O–H groups in total. The Labute approximate surface area is 194 Å². The molecule has 1 saturated carbocycles. The van der Waals surface area contributed by atoms with E-state index in [9.17, 15) is 0 Å². The van der Waals surface area contributed by atoms with Crippen LogP contribution in [0.1, 0.15) is 25.7 Å². The highest BCUT2D eigenvalue weighted by Crippen LogP contribution is 2.32. The second-order valence-corrected chi connectivity index (χ2v) is 9.10. The lowest BCUT2D eigenvalue weighted by atomic mass is 9.93. The molecule has 10 heteroatoms. The van der Waals surface area contributed by atoms with Crippen molar-refractivity contribution in [1.82, 2.24) is 19.9 Å². The molecule has 1 aliphatic carbocycles. The van der Waals surface area contributed by atoms with Crippen LogP contribution in [-0.2, 0) is 4.74 Å². The van der Waals surface area contributed by atoms with Crippen molar-refractivity contribution in [2.45, 2.75) is 37.8 Å². The van der Waals surface area contributed by atoms with E-state index in [4.69, 9.17) is 20.2 Å². The van der Waals surface area contributed by atoms with E-state index in [1.807, 2.05) is 12.1 Å². The van der Waals surface area contributed by atoms with Crippen LogP contribution in [0.2, 0.25) is 0 Å². The summed E-state index contributed by atoms with van der Waals surface area (Å²) < 4.78 is 12.8. The zero-order valence-corrected chi connectivity index (χ0v) is 19.3. The molecule has 9 nitrogen and oxygen atoms in total. The summed E-state index contributed by atoms with van der Waals surface area (Å²) in [6, 6.07) is 4.23. The first-order valence-electron chi connectivity index (χ1n) is 10.9. The average molecular weight is 500 g/mol. The Morgan fingerprint density at radius 1 is 1.03 bits per heavy atom. The van der Waals surface area contributed by atoms with Gasteiger partial charge in [0.05, 0.1) is 40.5 Å². The Bertz CT molecular complexity index is 1070. The van der Waals surface area contributed by atoms with Crippen molar-refractivity contribution < 1.29 is 9.47 Å². The molecule has 0 bridgehead atoms. The largest absolute Gasteiger partial charge is 0.474 e. The fourth-order valence-corrected chi connectivity index (χ4v) is 4.40. The number of pyridine rings is 2. The maximum absolute atomic E-state index is 6.44. The molecule has 168 valence electrons. The first-order valence-corrected chi connectivity index (χ1v) is 11.7. The molecule has 3 aromatic heterocycles. The van der Waals surface area contributed by atoms with Crippen molar-refractivity contribution in [3.05, 3.63) is 35.2 Å². The van der Waals surface area contributed by atoms with E-state index in [0.717, 1.165) is 60.0 Å². The quantitative estimate of drug-likeness (QED) is 0.545. The van der Waals surface area contributed by atoms with Gasteiger partial charge in [0.15, 0.2) is 0 Å². The maximum Gasteiger partial charge on any atom is 0.225 e. The first kappa shape index (κ1) is 21.1. The Morgan fingerprint density at radius 3 is 2.53 bits per heavy atom. The van der Waals surface area contributed by atoms with Crippen molar-refractivity contribution >= 4 is 44.3 Å². The van der Waals surface area contributed by atoms with E-state index >= 15 is 0 Å². The minimum atomic E-state index is 0.0935. The molecule has 2 fully saturated rings. The fourth-order valence-electron chi connectivity index (χ4n) is 4.19. The summed E-state index contributed by atoms with van der Waals surface area (Å²) in [6.07, 6.45) is 9.08. The number of fused-ring (bicyclic) bond motifs is 1. The van der Waals surface area contributed by atoms with Gasteiger partial charge in [-0.3, -0.25) is 4.98 Å². The number of nitrogens with zero attached hydrogens (tertiary/aromatic N) is 5. The van der Waals surface area contributed by atoms with Gasteiger partial charge in [0.2, 0.25) is 11.8 Å². The molecule has 0 spiro atoms. The smallest absolute Gasteiger partial charge is 0.225 e. The lowest BCUT2D eigenvalue weighted by Crippen LogP contribution is -2.37. The molecule has 1 aliphatic heterocycles. The number of rotatable bonds is 5. The molecular formula is C22H26BrN7O2. The van der Waals surface area contributed by atoms with Gasteiger partial charge in [-0.25, -0.2) is 9.97 Å². The number of nitrogens with two attached hydrogens (primary N) is 1. The van der Waals surface area contributed by atoms with E-state index in [1.54, 1.807) is 18.6 Å². The summed E-state index contributed by atoms with van der Waals surface area (Å²) >= 11 is 3.37. The van der Waals surface area contributed by atoms with Gasteiger partial charge in [0, 0.05) is 37.6 Å². The summed E-state index contributed by atoms with van der Waals surface area (Å²) in [4.78, 5) is 20.2. The number of nitrogen functional groups attached to an aromatic ring is 1. The molecule has 0 aromatic carbocycles. The lowest BCUT2D eigenvalue weighted by Gasteiger charge is -2.31. The second kappa shape index (κ2) is 9.41. The SMILES string of the molecule is Nc1cnc2cc(N3CCOCC3)nc(OC3CCC(Nc4ncc(Br)cn4)CC3)c2c1. The molecule has 0 amide bonds. The Hall–Kier alpha value is -2.72. The highest BCUT2D eigenvalue weighted by molar-refractivity contribution is 9.10. The summed E-state index contributed by atoms with van der Waals surface area (Å²) in [7, 11) is 0. The zero-order valence-electron chi connectivity index (χ0n) is 17.7. The minimum absolute atomic E-state index is 0.0935. The number of anilines is 3. The van der Waals surface area contributed by atoms with Gasteiger partial charge in [0.1, 0.15) is 11.9 Å². The van der Waals surface area contributed by atoms with Crippen LogP contribution in [0, 0.1) is 0 Å². The predicted molar refractivity (Wildman–Crippen MR) is 127 cm³/mol. The van der Waals surface area contributed by atoms with Crippen LogP contribution in [-0.4, -0.2) is 58.4 Å². The third-order valence-corrected chi connectivity index (χ3v) is 6.30. The van der Waals surface area contributed by atoms with Crippen LogP contribution in [0.4, 0.5) is 17.5 Å². The highest BCUT2D eigenvalue weighted by Gasteiger charge is 2.25. The van der Waals surface area contributed by atoms with E-state index < -0.39 is 0 Å². The van der Waals surface area contributed by atoms with Gasteiger partial charge in [-0.15, -0.1) is 0 Å². The number of ether oxygens (including phenoxy) is 2. The lowest BCUT2D eigenvalue weighted by molar-refractivity contribution is 0.122. The minimum Gasteiger partial charge on any atom is -0.474 e. The summed E-state index contributed by atoms with van der Waals surface area (Å²) in [5.74, 6) is 2.14. The van der Waals surface area contributed by atoms with Crippen molar-refractivity contribution in [3.8, 4) is 5.88 Å². The van der Waals surface area contributed by atoms with Gasteiger partial charge in [-0.2, -0.15) is 4.98 Å². The second-order valence-electron chi connectivity index (χ2n) is 8.18. The molecule has 32 heavy (non-hydrogen) atoms. The van der Waals surface area contributed by atoms with Crippen LogP contribution in [0.5, 0.6) is 5.88 Å². The monoisotopic (exact) mass is 499 g/mol. The molecule has 2 aliphatic rings. The Kier molecular flexibility index (Phi) is 6.22. The van der Waals surface area contributed by atoms with Crippen LogP contribution in [0.15, 0.2) is 35.2 Å². The summed E-state index contributed by atoms with van der Waals surface area (Å²) in [6.45, 7) is 3.01. The van der Waals surface area contributed by atoms with Crippen LogP contribution in [0.3, 0.4) is 0 Å². The molecule has 0 radical (unpaired) electrons. The van der Waals surface area contributed by atoms with Gasteiger partial charge in [0.25, 0.3) is 0 Å². The fraction of sp³-hybridized carbons (Fsp3) is 0.455. The van der Waals surface area contributed by atoms with Crippen molar-refractivity contribution in [2.75, 3.05) is 42.3 Å². The van der Waals surface area contributed by atoms with E-state index in [2.05, 4.69) is 41.1 Å². The molecule has 0 atom stereocenters. The van der Waals surface area contributed by atoms with Gasteiger partial charge in [-0.1, -0.05) is 0 Å². The normalized spacial score (nSPS) is 21.5. The molecule has 3 aromatic rings. The van der Waals surface area contributed by atoms with E-state index in [-0.39, 0.29) is 6.10 Å². The number of aromatic nitrogens is 4. The van der Waals surface area contributed by atoms with Gasteiger partial charge in [-0.05, 0) is 47.7 Å². The number of hydrogen-bond donors (Lipinski definition) is 2. The van der Waals surface area contributed by atoms with Crippen LogP contribution in [0.25, 0.3) is 10.9 Å². The number of nitrogens with one attached hydrogen (secondary N) is 1. The highest BCUT2D eigenvalue weighted by atomic mass is 79.9. The number of hydrogen-bond acceptors (Lipinski definition) is 9. The van der Waals surface area contributed by atoms with Crippen LogP contribution >= 0.6 is 15.9 Å².